The van der Waals surface area contributed by atoms with Crippen molar-refractivity contribution < 1.29 is 4.74 Å². The van der Waals surface area contributed by atoms with Gasteiger partial charge in [0.2, 0.25) is 0 Å². The summed E-state index contributed by atoms with van der Waals surface area (Å²) in [5, 5.41) is 7.05. The molecule has 1 aromatic carbocycles. The number of para-hydroxylation sites is 1. The highest BCUT2D eigenvalue weighted by Gasteiger charge is 2.21. The van der Waals surface area contributed by atoms with Crippen molar-refractivity contribution in [2.75, 3.05) is 26.2 Å². The van der Waals surface area contributed by atoms with Crippen LogP contribution in [0.4, 0.5) is 0 Å². The maximum Gasteiger partial charge on any atom is 0.191 e. The minimum atomic E-state index is 0.398. The van der Waals surface area contributed by atoms with E-state index < -0.39 is 0 Å². The van der Waals surface area contributed by atoms with Gasteiger partial charge >= 0.3 is 0 Å². The molecule has 1 saturated heterocycles. The predicted octanol–water partition coefficient (Wildman–Crippen LogP) is 3.55. The second-order valence-corrected chi connectivity index (χ2v) is 7.73. The van der Waals surface area contributed by atoms with Gasteiger partial charge in [0, 0.05) is 31.2 Å². The maximum absolute atomic E-state index is 6.14. The Labute approximate surface area is 164 Å². The molecule has 1 aromatic rings. The molecule has 0 radical (unpaired) electrons. The van der Waals surface area contributed by atoms with Crippen LogP contribution in [0.3, 0.4) is 0 Å². The molecule has 5 heteroatoms. The molecule has 150 valence electrons. The molecular formula is C22H36N4O. The average Bonchev–Trinajstić information content (AvgIpc) is 2.65. The van der Waals surface area contributed by atoms with Crippen LogP contribution in [0.5, 0.6) is 5.75 Å². The van der Waals surface area contributed by atoms with Gasteiger partial charge in [-0.2, -0.15) is 0 Å². The van der Waals surface area contributed by atoms with Crippen LogP contribution in [0.15, 0.2) is 29.3 Å². The average molecular weight is 373 g/mol. The Morgan fingerprint density at radius 2 is 1.93 bits per heavy atom. The first-order valence-electron chi connectivity index (χ1n) is 10.8. The van der Waals surface area contributed by atoms with Crippen molar-refractivity contribution >= 4 is 5.96 Å². The quantitative estimate of drug-likeness (QED) is 0.541. The van der Waals surface area contributed by atoms with Crippen LogP contribution in [-0.4, -0.2) is 49.2 Å². The van der Waals surface area contributed by atoms with Gasteiger partial charge in [-0.1, -0.05) is 25.1 Å². The van der Waals surface area contributed by atoms with E-state index >= 15 is 0 Å². The lowest BCUT2D eigenvalue weighted by atomic mass is 9.96. The van der Waals surface area contributed by atoms with Crippen molar-refractivity contribution in [3.63, 3.8) is 0 Å². The minimum Gasteiger partial charge on any atom is -0.490 e. The van der Waals surface area contributed by atoms with Crippen molar-refractivity contribution in [1.82, 2.24) is 15.5 Å². The first kappa shape index (κ1) is 20.0. The van der Waals surface area contributed by atoms with E-state index in [1.807, 2.05) is 0 Å². The maximum atomic E-state index is 6.14. The minimum absolute atomic E-state index is 0.398. The second-order valence-electron chi connectivity index (χ2n) is 7.73. The van der Waals surface area contributed by atoms with E-state index in [1.165, 1.54) is 63.7 Å². The summed E-state index contributed by atoms with van der Waals surface area (Å²) in [5.74, 6) is 1.92. The molecule has 0 unspecified atom stereocenters. The molecule has 1 aliphatic carbocycles. The summed E-state index contributed by atoms with van der Waals surface area (Å²) in [6.45, 7) is 9.49. The fourth-order valence-electron chi connectivity index (χ4n) is 3.71. The number of benzene rings is 1. The molecule has 0 atom stereocenters. The van der Waals surface area contributed by atoms with Crippen molar-refractivity contribution in [2.45, 2.75) is 71.1 Å². The lowest BCUT2D eigenvalue weighted by Crippen LogP contribution is -2.48. The lowest BCUT2D eigenvalue weighted by Gasteiger charge is -2.32. The van der Waals surface area contributed by atoms with E-state index in [4.69, 9.17) is 9.73 Å². The molecule has 0 bridgehead atoms. The smallest absolute Gasteiger partial charge is 0.191 e. The Hall–Kier alpha value is -1.75. The number of likely N-dealkylation sites (tertiary alicyclic amines) is 1. The van der Waals surface area contributed by atoms with Gasteiger partial charge in [0.25, 0.3) is 0 Å². The molecule has 0 amide bonds. The lowest BCUT2D eigenvalue weighted by molar-refractivity contribution is 0.119. The van der Waals surface area contributed by atoms with E-state index in [2.05, 4.69) is 53.6 Å². The van der Waals surface area contributed by atoms with E-state index in [0.717, 1.165) is 18.3 Å². The van der Waals surface area contributed by atoms with Crippen LogP contribution in [0, 0.1) is 0 Å². The first-order chi connectivity index (χ1) is 13.3. The largest absolute Gasteiger partial charge is 0.490 e. The molecule has 1 heterocycles. The SMILES string of the molecule is CCCN1CCC(NC(=NCc2ccccc2OC2CCC2)NCC)CC1. The van der Waals surface area contributed by atoms with Crippen molar-refractivity contribution in [2.24, 2.45) is 4.99 Å². The zero-order valence-electron chi connectivity index (χ0n) is 17.0. The van der Waals surface area contributed by atoms with Crippen LogP contribution >= 0.6 is 0 Å². The summed E-state index contributed by atoms with van der Waals surface area (Å²) in [4.78, 5) is 7.41. The van der Waals surface area contributed by atoms with Gasteiger partial charge < -0.3 is 20.3 Å². The number of piperidine rings is 1. The topological polar surface area (TPSA) is 48.9 Å². The number of aliphatic imine (C=N–C) groups is 1. The highest BCUT2D eigenvalue weighted by atomic mass is 16.5. The highest BCUT2D eigenvalue weighted by molar-refractivity contribution is 5.80. The second kappa shape index (κ2) is 10.5. The fourth-order valence-corrected chi connectivity index (χ4v) is 3.71. The summed E-state index contributed by atoms with van der Waals surface area (Å²) in [7, 11) is 0. The predicted molar refractivity (Wildman–Crippen MR) is 112 cm³/mol. The Morgan fingerprint density at radius 3 is 2.59 bits per heavy atom. The van der Waals surface area contributed by atoms with Crippen molar-refractivity contribution in [3.05, 3.63) is 29.8 Å². The summed E-state index contributed by atoms with van der Waals surface area (Å²) in [6, 6.07) is 8.84. The van der Waals surface area contributed by atoms with E-state index in [1.54, 1.807) is 0 Å². The van der Waals surface area contributed by atoms with Crippen molar-refractivity contribution in [1.29, 1.82) is 0 Å². The van der Waals surface area contributed by atoms with Gasteiger partial charge in [-0.3, -0.25) is 0 Å². The molecule has 27 heavy (non-hydrogen) atoms. The number of nitrogens with zero attached hydrogens (tertiary/aromatic N) is 2. The van der Waals surface area contributed by atoms with Gasteiger partial charge in [-0.05, 0) is 58.1 Å². The summed E-state index contributed by atoms with van der Waals surface area (Å²) in [5.41, 5.74) is 1.17. The van der Waals surface area contributed by atoms with Crippen LogP contribution in [0.25, 0.3) is 0 Å². The molecule has 5 nitrogen and oxygen atoms in total. The Balaban J connectivity index is 1.56. The monoisotopic (exact) mass is 372 g/mol. The van der Waals surface area contributed by atoms with Crippen LogP contribution < -0.4 is 15.4 Å². The summed E-state index contributed by atoms with van der Waals surface area (Å²) < 4.78 is 6.14. The standard InChI is InChI=1S/C22H36N4O/c1-3-14-26-15-12-19(13-16-26)25-22(23-4-2)24-17-18-8-5-6-11-21(18)27-20-9-7-10-20/h5-6,8,11,19-20H,3-4,7,9-10,12-17H2,1-2H3,(H2,23,24,25). The normalized spacial score (nSPS) is 19.6. The van der Waals surface area contributed by atoms with Gasteiger partial charge in [-0.25, -0.2) is 4.99 Å². The third-order valence-corrected chi connectivity index (χ3v) is 5.54. The molecular weight excluding hydrogens is 336 g/mol. The number of rotatable bonds is 8. The number of hydrogen-bond acceptors (Lipinski definition) is 3. The molecule has 1 aliphatic heterocycles. The third kappa shape index (κ3) is 6.13. The van der Waals surface area contributed by atoms with E-state index in [0.29, 0.717) is 18.7 Å². The zero-order valence-corrected chi connectivity index (χ0v) is 17.0. The third-order valence-electron chi connectivity index (χ3n) is 5.54. The molecule has 2 N–H and O–H groups in total. The number of ether oxygens (including phenoxy) is 1. The zero-order chi connectivity index (χ0) is 18.9. The van der Waals surface area contributed by atoms with Crippen LogP contribution in [0.2, 0.25) is 0 Å². The van der Waals surface area contributed by atoms with E-state index in [-0.39, 0.29) is 0 Å². The Kier molecular flexibility index (Phi) is 7.81. The first-order valence-corrected chi connectivity index (χ1v) is 10.8. The molecule has 0 spiro atoms. The summed E-state index contributed by atoms with van der Waals surface area (Å²) >= 11 is 0. The number of hydrogen-bond donors (Lipinski definition) is 2. The molecule has 3 rings (SSSR count). The fraction of sp³-hybridized carbons (Fsp3) is 0.682. The van der Waals surface area contributed by atoms with Crippen LogP contribution in [0.1, 0.15) is 57.9 Å². The molecule has 0 aromatic heterocycles. The summed E-state index contributed by atoms with van der Waals surface area (Å²) in [6.07, 6.45) is 7.66. The Bertz CT molecular complexity index is 592. The highest BCUT2D eigenvalue weighted by Crippen LogP contribution is 2.27. The van der Waals surface area contributed by atoms with Crippen molar-refractivity contribution in [3.8, 4) is 5.75 Å². The number of nitrogens with one attached hydrogen (secondary N) is 2. The molecule has 2 aliphatic rings. The number of guanidine groups is 1. The van der Waals surface area contributed by atoms with Gasteiger partial charge in [0.1, 0.15) is 5.75 Å². The van der Waals surface area contributed by atoms with Crippen LogP contribution in [-0.2, 0) is 6.54 Å². The van der Waals surface area contributed by atoms with Gasteiger partial charge in [-0.15, -0.1) is 0 Å². The Morgan fingerprint density at radius 1 is 1.15 bits per heavy atom. The molecule has 2 fully saturated rings. The van der Waals surface area contributed by atoms with Gasteiger partial charge in [0.05, 0.1) is 12.6 Å². The van der Waals surface area contributed by atoms with E-state index in [9.17, 15) is 0 Å². The van der Waals surface area contributed by atoms with Gasteiger partial charge in [0.15, 0.2) is 5.96 Å². The molecule has 1 saturated carbocycles.